The summed E-state index contributed by atoms with van der Waals surface area (Å²) in [5.74, 6) is 1.36. The molecule has 114 valence electrons. The van der Waals surface area contributed by atoms with Crippen LogP contribution < -0.4 is 0 Å². The van der Waals surface area contributed by atoms with E-state index in [0.29, 0.717) is 29.0 Å². The number of hydrogen-bond acceptors (Lipinski definition) is 4. The quantitative estimate of drug-likeness (QED) is 0.522. The normalized spacial score (nSPS) is 11.9. The number of benzene rings is 1. The van der Waals surface area contributed by atoms with Crippen LogP contribution in [0.25, 0.3) is 45.1 Å². The summed E-state index contributed by atoms with van der Waals surface area (Å²) in [5, 5.41) is 0. The van der Waals surface area contributed by atoms with E-state index in [-0.39, 0.29) is 0 Å². The first-order chi connectivity index (χ1) is 12.3. The van der Waals surface area contributed by atoms with Crippen molar-refractivity contribution in [2.75, 3.05) is 0 Å². The minimum Gasteiger partial charge on any atom is -0.337 e. The first kappa shape index (κ1) is 12.0. The van der Waals surface area contributed by atoms with Crippen molar-refractivity contribution in [1.29, 1.82) is 0 Å². The van der Waals surface area contributed by atoms with Gasteiger partial charge in [-0.1, -0.05) is 18.2 Å². The molecule has 0 saturated carbocycles. The van der Waals surface area contributed by atoms with Crippen molar-refractivity contribution in [3.63, 3.8) is 0 Å². The Morgan fingerprint density at radius 2 is 1.29 bits per heavy atom. The zero-order valence-electron chi connectivity index (χ0n) is 13.5. The maximum atomic E-state index is 8.13. The first-order valence-corrected chi connectivity index (χ1v) is 7.50. The minimum atomic E-state index is 0.384. The van der Waals surface area contributed by atoms with Gasteiger partial charge in [0, 0.05) is 23.5 Å². The standard InChI is InChI=1S/C18H12N6/c1-4-11(15-21-13-6-2-8-19-17(13)23-15)10-12(5-1)16-22-14-7-3-9-20-18(14)24-16/h1-10H,(H,19,21,23)(H,20,22,24)/i1D. The topological polar surface area (TPSA) is 83.1 Å². The van der Waals surface area contributed by atoms with Crippen molar-refractivity contribution in [2.24, 2.45) is 0 Å². The molecule has 5 aromatic rings. The average molecular weight is 313 g/mol. The third-order valence-corrected chi connectivity index (χ3v) is 3.85. The lowest BCUT2D eigenvalue weighted by Crippen LogP contribution is -1.84. The highest BCUT2D eigenvalue weighted by atomic mass is 15.0. The van der Waals surface area contributed by atoms with Crippen LogP contribution >= 0.6 is 0 Å². The van der Waals surface area contributed by atoms with Gasteiger partial charge < -0.3 is 9.97 Å². The molecule has 0 unspecified atom stereocenters. The van der Waals surface area contributed by atoms with Gasteiger partial charge in [0.05, 0.1) is 12.4 Å². The molecule has 5 rings (SSSR count). The van der Waals surface area contributed by atoms with Crippen molar-refractivity contribution in [1.82, 2.24) is 29.9 Å². The Kier molecular flexibility index (Phi) is 2.48. The zero-order valence-corrected chi connectivity index (χ0v) is 12.5. The highest BCUT2D eigenvalue weighted by molar-refractivity contribution is 5.79. The van der Waals surface area contributed by atoms with E-state index in [9.17, 15) is 0 Å². The average Bonchev–Trinajstić information content (AvgIpc) is 3.25. The van der Waals surface area contributed by atoms with E-state index >= 15 is 0 Å². The van der Waals surface area contributed by atoms with E-state index in [4.69, 9.17) is 1.37 Å². The second-order valence-electron chi connectivity index (χ2n) is 5.43. The Morgan fingerprint density at radius 3 is 1.79 bits per heavy atom. The monoisotopic (exact) mass is 313 g/mol. The lowest BCUT2D eigenvalue weighted by Gasteiger charge is -2.00. The fraction of sp³-hybridized carbons (Fsp3) is 0. The Labute approximate surface area is 138 Å². The summed E-state index contributed by atoms with van der Waals surface area (Å²) < 4.78 is 8.13. The van der Waals surface area contributed by atoms with Gasteiger partial charge in [-0.25, -0.2) is 19.9 Å². The summed E-state index contributed by atoms with van der Waals surface area (Å²) in [4.78, 5) is 24.0. The highest BCUT2D eigenvalue weighted by Crippen LogP contribution is 2.25. The molecular formula is C18H12N6. The fourth-order valence-electron chi connectivity index (χ4n) is 2.71. The highest BCUT2D eigenvalue weighted by Gasteiger charge is 2.09. The van der Waals surface area contributed by atoms with Gasteiger partial charge in [-0.3, -0.25) is 0 Å². The number of imidazole rings is 2. The molecule has 24 heavy (non-hydrogen) atoms. The molecule has 1 aromatic carbocycles. The molecule has 0 amide bonds. The van der Waals surface area contributed by atoms with Crippen LogP contribution in [0.5, 0.6) is 0 Å². The lowest BCUT2D eigenvalue weighted by atomic mass is 10.1. The maximum Gasteiger partial charge on any atom is 0.178 e. The van der Waals surface area contributed by atoms with E-state index in [1.165, 1.54) is 0 Å². The van der Waals surface area contributed by atoms with E-state index in [1.54, 1.807) is 24.5 Å². The van der Waals surface area contributed by atoms with E-state index < -0.39 is 0 Å². The minimum absolute atomic E-state index is 0.384. The number of fused-ring (bicyclic) bond motifs is 2. The van der Waals surface area contributed by atoms with Crippen molar-refractivity contribution >= 4 is 22.3 Å². The van der Waals surface area contributed by atoms with Crippen molar-refractivity contribution in [2.45, 2.75) is 0 Å². The van der Waals surface area contributed by atoms with Crippen LogP contribution in [0.4, 0.5) is 0 Å². The molecule has 6 heteroatoms. The van der Waals surface area contributed by atoms with Gasteiger partial charge in [-0.05, 0) is 30.3 Å². The molecule has 2 N–H and O–H groups in total. The van der Waals surface area contributed by atoms with Gasteiger partial charge in [0.1, 0.15) is 11.6 Å². The molecule has 0 saturated heterocycles. The molecule has 0 fully saturated rings. The van der Waals surface area contributed by atoms with Crippen molar-refractivity contribution in [3.8, 4) is 22.8 Å². The summed E-state index contributed by atoms with van der Waals surface area (Å²) in [6, 6.07) is 13.4. The van der Waals surface area contributed by atoms with Crippen LogP contribution in [0.2, 0.25) is 0 Å². The predicted octanol–water partition coefficient (Wildman–Crippen LogP) is 3.56. The van der Waals surface area contributed by atoms with Gasteiger partial charge in [0.25, 0.3) is 0 Å². The molecular weight excluding hydrogens is 300 g/mol. The van der Waals surface area contributed by atoms with Crippen LogP contribution in [0.1, 0.15) is 1.37 Å². The van der Waals surface area contributed by atoms with Crippen molar-refractivity contribution in [3.05, 3.63) is 60.9 Å². The van der Waals surface area contributed by atoms with Gasteiger partial charge in [0.15, 0.2) is 11.3 Å². The molecule has 0 spiro atoms. The summed E-state index contributed by atoms with van der Waals surface area (Å²) in [7, 11) is 0. The molecule has 4 heterocycles. The second-order valence-corrected chi connectivity index (χ2v) is 5.43. The van der Waals surface area contributed by atoms with E-state index in [2.05, 4.69) is 29.9 Å². The Hall–Kier alpha value is -3.54. The summed E-state index contributed by atoms with van der Waals surface area (Å²) in [6.07, 6.45) is 3.42. The molecule has 0 aliphatic heterocycles. The number of hydrogen-bond donors (Lipinski definition) is 2. The molecule has 6 nitrogen and oxygen atoms in total. The third kappa shape index (κ3) is 2.04. The number of H-pyrrole nitrogens is 2. The SMILES string of the molecule is [2H]c1cc(-c2nc3ncccc3[nH]2)cc(-c2nc3ncccc3[nH]2)c1. The van der Waals surface area contributed by atoms with E-state index in [0.717, 1.165) is 22.2 Å². The van der Waals surface area contributed by atoms with Gasteiger partial charge in [-0.2, -0.15) is 0 Å². The largest absolute Gasteiger partial charge is 0.337 e. The first-order valence-electron chi connectivity index (χ1n) is 8.00. The predicted molar refractivity (Wildman–Crippen MR) is 92.2 cm³/mol. The number of nitrogens with zero attached hydrogens (tertiary/aromatic N) is 4. The van der Waals surface area contributed by atoms with Crippen LogP contribution in [0, 0.1) is 0 Å². The number of pyridine rings is 2. The smallest absolute Gasteiger partial charge is 0.178 e. The van der Waals surface area contributed by atoms with Crippen LogP contribution in [-0.2, 0) is 0 Å². The maximum absolute atomic E-state index is 8.13. The van der Waals surface area contributed by atoms with E-state index in [1.807, 2.05) is 30.3 Å². The molecule has 0 bridgehead atoms. The summed E-state index contributed by atoms with van der Waals surface area (Å²) >= 11 is 0. The Morgan fingerprint density at radius 1 is 0.750 bits per heavy atom. The van der Waals surface area contributed by atoms with Gasteiger partial charge in [0.2, 0.25) is 0 Å². The zero-order chi connectivity index (χ0) is 16.8. The van der Waals surface area contributed by atoms with Crippen LogP contribution in [0.15, 0.2) is 60.9 Å². The molecule has 0 atom stereocenters. The van der Waals surface area contributed by atoms with Crippen molar-refractivity contribution < 1.29 is 1.37 Å². The summed E-state index contributed by atoms with van der Waals surface area (Å²) in [5.41, 5.74) is 4.66. The molecule has 0 aliphatic rings. The lowest BCUT2D eigenvalue weighted by molar-refractivity contribution is 1.29. The molecule has 0 radical (unpaired) electrons. The number of rotatable bonds is 2. The number of aromatic nitrogens is 6. The summed E-state index contributed by atoms with van der Waals surface area (Å²) in [6.45, 7) is 0. The number of aromatic amines is 2. The third-order valence-electron chi connectivity index (χ3n) is 3.85. The molecule has 0 aliphatic carbocycles. The van der Waals surface area contributed by atoms with Crippen LogP contribution in [0.3, 0.4) is 0 Å². The fourth-order valence-corrected chi connectivity index (χ4v) is 2.71. The number of nitrogens with one attached hydrogen (secondary N) is 2. The second kappa shape index (κ2) is 4.99. The molecule has 4 aromatic heterocycles. The Bertz CT molecular complexity index is 1060. The van der Waals surface area contributed by atoms with Gasteiger partial charge in [-0.15, -0.1) is 0 Å². The Balaban J connectivity index is 1.66. The van der Waals surface area contributed by atoms with Gasteiger partial charge >= 0.3 is 0 Å². The van der Waals surface area contributed by atoms with Crippen LogP contribution in [-0.4, -0.2) is 29.9 Å².